The molecule has 0 fully saturated rings. The Labute approximate surface area is 110 Å². The molecule has 1 aromatic rings. The smallest absolute Gasteiger partial charge is 0.253 e. The number of halogens is 2. The Morgan fingerprint density at radius 1 is 1.44 bits per heavy atom. The van der Waals surface area contributed by atoms with Crippen LogP contribution in [0.15, 0.2) is 18.2 Å². The lowest BCUT2D eigenvalue weighted by molar-refractivity contribution is 0.0786. The molecular formula is C12H14F2N2OS. The lowest BCUT2D eigenvalue weighted by Crippen LogP contribution is -2.35. The summed E-state index contributed by atoms with van der Waals surface area (Å²) in [4.78, 5) is 13.6. The van der Waals surface area contributed by atoms with Crippen molar-refractivity contribution in [3.8, 4) is 0 Å². The van der Waals surface area contributed by atoms with Crippen LogP contribution in [0.2, 0.25) is 0 Å². The van der Waals surface area contributed by atoms with Crippen molar-refractivity contribution in [2.75, 3.05) is 13.6 Å². The molecule has 2 N–H and O–H groups in total. The average Bonchev–Trinajstić information content (AvgIpc) is 2.31. The molecule has 0 radical (unpaired) electrons. The van der Waals surface area contributed by atoms with Gasteiger partial charge in [-0.3, -0.25) is 4.79 Å². The number of amides is 1. The molecule has 1 atom stereocenters. The third kappa shape index (κ3) is 3.46. The summed E-state index contributed by atoms with van der Waals surface area (Å²) in [7, 11) is 1.55. The molecule has 18 heavy (non-hydrogen) atoms. The van der Waals surface area contributed by atoms with E-state index >= 15 is 0 Å². The molecule has 0 bridgehead atoms. The summed E-state index contributed by atoms with van der Waals surface area (Å²) in [5.41, 5.74) is 5.54. The van der Waals surface area contributed by atoms with Crippen LogP contribution in [0.25, 0.3) is 0 Å². The topological polar surface area (TPSA) is 46.3 Å². The molecule has 98 valence electrons. The van der Waals surface area contributed by atoms with Crippen LogP contribution in [0.1, 0.15) is 17.3 Å². The molecule has 0 saturated carbocycles. The van der Waals surface area contributed by atoms with Crippen LogP contribution in [0.4, 0.5) is 8.78 Å². The zero-order valence-electron chi connectivity index (χ0n) is 10.1. The van der Waals surface area contributed by atoms with Crippen molar-refractivity contribution < 1.29 is 13.6 Å². The van der Waals surface area contributed by atoms with Crippen molar-refractivity contribution in [1.82, 2.24) is 4.90 Å². The van der Waals surface area contributed by atoms with E-state index in [1.54, 1.807) is 14.0 Å². The maximum absolute atomic E-state index is 13.0. The second-order valence-electron chi connectivity index (χ2n) is 4.12. The summed E-state index contributed by atoms with van der Waals surface area (Å²) in [6.45, 7) is 2.12. The molecular weight excluding hydrogens is 258 g/mol. The molecule has 1 aromatic carbocycles. The van der Waals surface area contributed by atoms with E-state index in [1.165, 1.54) is 11.0 Å². The Bertz CT molecular complexity index is 479. The fourth-order valence-corrected chi connectivity index (χ4v) is 1.51. The number of nitrogens with zero attached hydrogens (tertiary/aromatic N) is 1. The van der Waals surface area contributed by atoms with Gasteiger partial charge in [0.05, 0.1) is 4.99 Å². The fourth-order valence-electron chi connectivity index (χ4n) is 1.43. The molecule has 3 nitrogen and oxygen atoms in total. The number of hydrogen-bond donors (Lipinski definition) is 1. The summed E-state index contributed by atoms with van der Waals surface area (Å²) < 4.78 is 25.8. The predicted molar refractivity (Wildman–Crippen MR) is 69.3 cm³/mol. The zero-order chi connectivity index (χ0) is 13.9. The lowest BCUT2D eigenvalue weighted by atomic mass is 10.1. The number of hydrogen-bond acceptors (Lipinski definition) is 2. The highest BCUT2D eigenvalue weighted by Crippen LogP contribution is 2.11. The van der Waals surface area contributed by atoms with Crippen molar-refractivity contribution in [3.63, 3.8) is 0 Å². The summed E-state index contributed by atoms with van der Waals surface area (Å²) in [5, 5.41) is 0. The number of benzene rings is 1. The third-order valence-electron chi connectivity index (χ3n) is 2.55. The maximum atomic E-state index is 13.0. The largest absolute Gasteiger partial charge is 0.393 e. The molecule has 0 saturated heterocycles. The van der Waals surface area contributed by atoms with E-state index in [-0.39, 0.29) is 11.5 Å². The zero-order valence-corrected chi connectivity index (χ0v) is 10.9. The van der Waals surface area contributed by atoms with E-state index in [0.29, 0.717) is 11.5 Å². The van der Waals surface area contributed by atoms with Gasteiger partial charge in [0.15, 0.2) is 11.6 Å². The van der Waals surface area contributed by atoms with Crippen molar-refractivity contribution in [1.29, 1.82) is 0 Å². The Morgan fingerprint density at radius 2 is 2.06 bits per heavy atom. The SMILES string of the molecule is CC(CN(C)C(=O)c1ccc(F)c(F)c1)C(N)=S. The van der Waals surface area contributed by atoms with Gasteiger partial charge in [0.25, 0.3) is 5.91 Å². The summed E-state index contributed by atoms with van der Waals surface area (Å²) in [5.74, 6) is -2.57. The minimum absolute atomic E-state index is 0.0894. The molecule has 0 aromatic heterocycles. The van der Waals surface area contributed by atoms with Gasteiger partial charge < -0.3 is 10.6 Å². The third-order valence-corrected chi connectivity index (χ3v) is 2.95. The van der Waals surface area contributed by atoms with Gasteiger partial charge in [-0.1, -0.05) is 19.1 Å². The number of carbonyl (C=O) groups excluding carboxylic acids is 1. The monoisotopic (exact) mass is 272 g/mol. The van der Waals surface area contributed by atoms with Crippen molar-refractivity contribution in [2.45, 2.75) is 6.92 Å². The van der Waals surface area contributed by atoms with E-state index in [0.717, 1.165) is 12.1 Å². The highest BCUT2D eigenvalue weighted by Gasteiger charge is 2.17. The van der Waals surface area contributed by atoms with Gasteiger partial charge in [-0.2, -0.15) is 0 Å². The molecule has 0 aliphatic carbocycles. The van der Waals surface area contributed by atoms with Crippen LogP contribution in [0.3, 0.4) is 0 Å². The Kier molecular flexibility index (Phi) is 4.72. The first-order valence-electron chi connectivity index (χ1n) is 5.32. The van der Waals surface area contributed by atoms with Gasteiger partial charge >= 0.3 is 0 Å². The molecule has 0 spiro atoms. The van der Waals surface area contributed by atoms with Gasteiger partial charge in [0, 0.05) is 25.1 Å². The summed E-state index contributed by atoms with van der Waals surface area (Å²) in [6.07, 6.45) is 0. The highest BCUT2D eigenvalue weighted by molar-refractivity contribution is 7.80. The lowest BCUT2D eigenvalue weighted by Gasteiger charge is -2.21. The van der Waals surface area contributed by atoms with Crippen LogP contribution in [0, 0.1) is 17.6 Å². The normalized spacial score (nSPS) is 12.0. The predicted octanol–water partition coefficient (Wildman–Crippen LogP) is 1.96. The molecule has 1 rings (SSSR count). The van der Waals surface area contributed by atoms with Crippen molar-refractivity contribution >= 4 is 23.1 Å². The number of thiocarbonyl (C=S) groups is 1. The number of rotatable bonds is 4. The second kappa shape index (κ2) is 5.86. The summed E-state index contributed by atoms with van der Waals surface area (Å²) in [6, 6.07) is 3.04. The van der Waals surface area contributed by atoms with Gasteiger partial charge in [0.1, 0.15) is 0 Å². The van der Waals surface area contributed by atoms with E-state index in [1.807, 2.05) is 0 Å². The van der Waals surface area contributed by atoms with Crippen molar-refractivity contribution in [3.05, 3.63) is 35.4 Å². The molecule has 6 heteroatoms. The first-order chi connectivity index (χ1) is 8.32. The van der Waals surface area contributed by atoms with Gasteiger partial charge in [-0.25, -0.2) is 8.78 Å². The second-order valence-corrected chi connectivity index (χ2v) is 4.59. The minimum Gasteiger partial charge on any atom is -0.393 e. The molecule has 0 heterocycles. The van der Waals surface area contributed by atoms with Crippen LogP contribution in [-0.2, 0) is 0 Å². The standard InChI is InChI=1S/C12H14F2N2OS/c1-7(11(15)18)6-16(2)12(17)8-3-4-9(13)10(14)5-8/h3-5,7H,6H2,1-2H3,(H2,15,18). The first kappa shape index (κ1) is 14.5. The minimum atomic E-state index is -1.04. The number of carbonyl (C=O) groups is 1. The van der Waals surface area contributed by atoms with E-state index in [2.05, 4.69) is 0 Å². The van der Waals surface area contributed by atoms with Gasteiger partial charge in [0.2, 0.25) is 0 Å². The van der Waals surface area contributed by atoms with Crippen LogP contribution >= 0.6 is 12.2 Å². The average molecular weight is 272 g/mol. The maximum Gasteiger partial charge on any atom is 0.253 e. The van der Waals surface area contributed by atoms with Crippen LogP contribution in [-0.4, -0.2) is 29.4 Å². The quantitative estimate of drug-likeness (QED) is 0.852. The van der Waals surface area contributed by atoms with E-state index in [4.69, 9.17) is 18.0 Å². The fraction of sp³-hybridized carbons (Fsp3) is 0.333. The molecule has 0 aliphatic rings. The van der Waals surface area contributed by atoms with E-state index in [9.17, 15) is 13.6 Å². The molecule has 1 unspecified atom stereocenters. The Hall–Kier alpha value is -1.56. The Balaban J connectivity index is 2.80. The Morgan fingerprint density at radius 3 is 2.56 bits per heavy atom. The number of nitrogens with two attached hydrogens (primary N) is 1. The van der Waals surface area contributed by atoms with Crippen LogP contribution < -0.4 is 5.73 Å². The highest BCUT2D eigenvalue weighted by atomic mass is 32.1. The van der Waals surface area contributed by atoms with Crippen molar-refractivity contribution in [2.24, 2.45) is 11.7 Å². The first-order valence-corrected chi connectivity index (χ1v) is 5.73. The van der Waals surface area contributed by atoms with Gasteiger partial charge in [-0.05, 0) is 18.2 Å². The molecule has 1 amide bonds. The van der Waals surface area contributed by atoms with E-state index < -0.39 is 17.5 Å². The summed E-state index contributed by atoms with van der Waals surface area (Å²) >= 11 is 4.81. The van der Waals surface area contributed by atoms with Crippen LogP contribution in [0.5, 0.6) is 0 Å². The molecule has 0 aliphatic heterocycles. The van der Waals surface area contributed by atoms with Gasteiger partial charge in [-0.15, -0.1) is 0 Å².